The van der Waals surface area contributed by atoms with E-state index >= 15 is 0 Å². The molecule has 0 saturated carbocycles. The summed E-state index contributed by atoms with van der Waals surface area (Å²) in [6.45, 7) is 0. The second-order valence-electron chi connectivity index (χ2n) is 4.48. The molecule has 3 rings (SSSR count). The maximum absolute atomic E-state index is 12.1. The Morgan fingerprint density at radius 3 is 2.86 bits per heavy atom. The number of carboxylic acid groups (broad SMARTS) is 1. The van der Waals surface area contributed by atoms with Crippen LogP contribution in [0.5, 0.6) is 5.75 Å². The monoisotopic (exact) mass is 335 g/mol. The third-order valence-corrected chi connectivity index (χ3v) is 4.63. The van der Waals surface area contributed by atoms with Gasteiger partial charge in [0, 0.05) is 22.5 Å². The minimum atomic E-state index is -1.45. The number of hydrogen-bond acceptors (Lipinski definition) is 5. The van der Waals surface area contributed by atoms with Crippen LogP contribution in [0.1, 0.15) is 10.5 Å². The molecule has 2 heterocycles. The Hall–Kier alpha value is -2.38. The van der Waals surface area contributed by atoms with Gasteiger partial charge >= 0.3 is 6.09 Å². The van der Waals surface area contributed by atoms with E-state index in [1.54, 1.807) is 18.2 Å². The van der Waals surface area contributed by atoms with Crippen molar-refractivity contribution in [3.8, 4) is 5.75 Å². The van der Waals surface area contributed by atoms with Crippen LogP contribution < -0.4 is 0 Å². The number of thiophene rings is 1. The molecule has 22 heavy (non-hydrogen) atoms. The van der Waals surface area contributed by atoms with Gasteiger partial charge in [-0.15, -0.1) is 11.3 Å². The first-order chi connectivity index (χ1) is 10.4. The molecule has 2 N–H and O–H groups in total. The summed E-state index contributed by atoms with van der Waals surface area (Å²) in [5.41, 5.74) is -0.391. The van der Waals surface area contributed by atoms with Crippen molar-refractivity contribution in [1.82, 2.24) is 9.88 Å². The molecule has 0 aliphatic carbocycles. The molecule has 111 valence electrons. The summed E-state index contributed by atoms with van der Waals surface area (Å²) < 4.78 is 1.24. The van der Waals surface area contributed by atoms with E-state index in [0.717, 1.165) is 17.1 Å². The van der Waals surface area contributed by atoms with Crippen LogP contribution in [0.4, 0.5) is 4.79 Å². The number of carbonyl (C=O) groups excluding carboxylic acids is 1. The number of imide groups is 1. The van der Waals surface area contributed by atoms with Gasteiger partial charge in [0.2, 0.25) is 0 Å². The van der Waals surface area contributed by atoms with E-state index in [2.05, 4.69) is 11.1 Å². The lowest BCUT2D eigenvalue weighted by atomic mass is 10.1. The lowest BCUT2D eigenvalue weighted by molar-refractivity contribution is 0.0773. The molecule has 0 aliphatic rings. The van der Waals surface area contributed by atoms with Crippen molar-refractivity contribution in [1.29, 1.82) is 0 Å². The number of amides is 2. The van der Waals surface area contributed by atoms with Gasteiger partial charge in [-0.1, -0.05) is 17.7 Å². The van der Waals surface area contributed by atoms with Crippen molar-refractivity contribution >= 4 is 55.1 Å². The summed E-state index contributed by atoms with van der Waals surface area (Å²) in [4.78, 5) is 27.3. The number of fused-ring (bicyclic) bond motifs is 3. The molecule has 6 nitrogen and oxygen atoms in total. The highest BCUT2D eigenvalue weighted by atomic mass is 35.5. The number of pyridine rings is 1. The Bertz CT molecular complexity index is 937. The Labute approximate surface area is 133 Å². The molecular formula is C14H8ClN2O4S. The number of nitrogens with zero attached hydrogens (tertiary/aromatic N) is 2. The van der Waals surface area contributed by atoms with Crippen LogP contribution in [0.25, 0.3) is 20.2 Å². The molecule has 0 saturated heterocycles. The van der Waals surface area contributed by atoms with Crippen LogP contribution in [0.3, 0.4) is 0 Å². The van der Waals surface area contributed by atoms with Crippen LogP contribution in [0.2, 0.25) is 5.15 Å². The van der Waals surface area contributed by atoms with Gasteiger partial charge in [-0.25, -0.2) is 14.7 Å². The number of carbonyl (C=O) groups is 2. The van der Waals surface area contributed by atoms with Crippen LogP contribution in [0, 0.1) is 6.07 Å². The first kappa shape index (κ1) is 14.6. The topological polar surface area (TPSA) is 90.7 Å². The van der Waals surface area contributed by atoms with E-state index in [1.807, 2.05) is 0 Å². The maximum Gasteiger partial charge on any atom is 0.414 e. The Morgan fingerprint density at radius 2 is 2.18 bits per heavy atom. The summed E-state index contributed by atoms with van der Waals surface area (Å²) in [6, 6.07) is 8.16. The third kappa shape index (κ3) is 2.06. The summed E-state index contributed by atoms with van der Waals surface area (Å²) in [7, 11) is 1.07. The minimum Gasteiger partial charge on any atom is -0.504 e. The molecule has 0 atom stereocenters. The Morgan fingerprint density at radius 1 is 1.45 bits per heavy atom. The number of aromatic hydroxyl groups is 1. The van der Waals surface area contributed by atoms with Gasteiger partial charge in [0.25, 0.3) is 5.91 Å². The van der Waals surface area contributed by atoms with Gasteiger partial charge < -0.3 is 10.2 Å². The van der Waals surface area contributed by atoms with E-state index < -0.39 is 17.7 Å². The molecule has 0 aliphatic heterocycles. The molecule has 0 spiro atoms. The van der Waals surface area contributed by atoms with Crippen LogP contribution in [-0.4, -0.2) is 39.1 Å². The van der Waals surface area contributed by atoms with Crippen molar-refractivity contribution in [3.05, 3.63) is 35.1 Å². The third-order valence-electron chi connectivity index (χ3n) is 3.18. The zero-order valence-electron chi connectivity index (χ0n) is 11.1. The van der Waals surface area contributed by atoms with Crippen LogP contribution in [0.15, 0.2) is 18.2 Å². The molecular weight excluding hydrogens is 328 g/mol. The quantitative estimate of drug-likeness (QED) is 0.665. The average Bonchev–Trinajstić information content (AvgIpc) is 2.89. The summed E-state index contributed by atoms with van der Waals surface area (Å²) in [5, 5.41) is 20.5. The Kier molecular flexibility index (Phi) is 3.38. The zero-order valence-corrected chi connectivity index (χ0v) is 12.7. The number of aromatic nitrogens is 1. The van der Waals surface area contributed by atoms with Crippen molar-refractivity contribution in [2.24, 2.45) is 0 Å². The number of halogens is 1. The molecule has 0 bridgehead atoms. The zero-order chi connectivity index (χ0) is 16.0. The maximum atomic E-state index is 12.1. The van der Waals surface area contributed by atoms with E-state index in [0.29, 0.717) is 15.0 Å². The van der Waals surface area contributed by atoms with Gasteiger partial charge in [0.05, 0.1) is 4.70 Å². The summed E-state index contributed by atoms with van der Waals surface area (Å²) in [6.07, 6.45) is -1.45. The second kappa shape index (κ2) is 5.11. The smallest absolute Gasteiger partial charge is 0.414 e. The van der Waals surface area contributed by atoms with Crippen molar-refractivity contribution in [3.63, 3.8) is 0 Å². The lowest BCUT2D eigenvalue weighted by Gasteiger charge is -2.12. The SMILES string of the molecule is CN(C(=O)O)C(=O)c1nc(Cl)c2c(sc3cc[c]cc32)c1O. The number of rotatable bonds is 1. The normalized spacial score (nSPS) is 11.0. The summed E-state index contributed by atoms with van der Waals surface area (Å²) >= 11 is 7.38. The van der Waals surface area contributed by atoms with E-state index in [-0.39, 0.29) is 10.9 Å². The molecule has 3 aromatic rings. The van der Waals surface area contributed by atoms with Crippen molar-refractivity contribution in [2.45, 2.75) is 0 Å². The highest BCUT2D eigenvalue weighted by Gasteiger charge is 2.26. The predicted octanol–water partition coefficient (Wildman–Crippen LogP) is 3.36. The standard InChI is InChI=1S/C14H8ClN2O4S/c1-17(14(20)21)13(19)9-10(18)11-8(12(15)16-9)6-4-2-3-5-7(6)22-11/h3-5,18H,1H3,(H,20,21). The largest absolute Gasteiger partial charge is 0.504 e. The highest BCUT2D eigenvalue weighted by molar-refractivity contribution is 7.26. The first-order valence-electron chi connectivity index (χ1n) is 6.03. The molecule has 0 unspecified atom stereocenters. The van der Waals surface area contributed by atoms with Gasteiger partial charge in [-0.3, -0.25) is 4.79 Å². The van der Waals surface area contributed by atoms with Crippen molar-refractivity contribution < 1.29 is 19.8 Å². The fourth-order valence-corrected chi connectivity index (χ4v) is 3.53. The fourth-order valence-electron chi connectivity index (χ4n) is 2.06. The molecule has 8 heteroatoms. The van der Waals surface area contributed by atoms with E-state index in [9.17, 15) is 14.7 Å². The number of hydrogen-bond donors (Lipinski definition) is 2. The molecule has 2 amide bonds. The van der Waals surface area contributed by atoms with E-state index in [1.165, 1.54) is 11.3 Å². The van der Waals surface area contributed by atoms with Crippen LogP contribution in [-0.2, 0) is 0 Å². The van der Waals surface area contributed by atoms with Gasteiger partial charge in [0.1, 0.15) is 5.15 Å². The minimum absolute atomic E-state index is 0.0285. The van der Waals surface area contributed by atoms with Crippen LogP contribution >= 0.6 is 22.9 Å². The molecule has 2 aromatic heterocycles. The first-order valence-corrected chi connectivity index (χ1v) is 7.23. The number of benzene rings is 1. The fraction of sp³-hybridized carbons (Fsp3) is 0.0714. The average molecular weight is 336 g/mol. The van der Waals surface area contributed by atoms with Crippen molar-refractivity contribution in [2.75, 3.05) is 7.05 Å². The second-order valence-corrected chi connectivity index (χ2v) is 5.89. The van der Waals surface area contributed by atoms with Gasteiger partial charge in [-0.05, 0) is 18.2 Å². The van der Waals surface area contributed by atoms with Gasteiger partial charge in [0.15, 0.2) is 11.4 Å². The summed E-state index contributed by atoms with van der Waals surface area (Å²) in [5.74, 6) is -1.32. The molecule has 1 aromatic carbocycles. The molecule has 1 radical (unpaired) electrons. The molecule has 0 fully saturated rings. The Balaban J connectivity index is 2.31. The predicted molar refractivity (Wildman–Crippen MR) is 82.8 cm³/mol. The van der Waals surface area contributed by atoms with E-state index in [4.69, 9.17) is 16.7 Å². The lowest BCUT2D eigenvalue weighted by Crippen LogP contribution is -2.32. The van der Waals surface area contributed by atoms with Gasteiger partial charge in [-0.2, -0.15) is 0 Å². The highest BCUT2D eigenvalue weighted by Crippen LogP contribution is 2.43.